The van der Waals surface area contributed by atoms with E-state index < -0.39 is 8.80 Å². The summed E-state index contributed by atoms with van der Waals surface area (Å²) in [6.07, 6.45) is 43.4. The number of aliphatic hydroxyl groups excluding tert-OH is 1. The molecular weight excluding hydrogens is 561 g/mol. The van der Waals surface area contributed by atoms with Crippen molar-refractivity contribution in [3.63, 3.8) is 0 Å². The van der Waals surface area contributed by atoms with Crippen molar-refractivity contribution in [2.45, 2.75) is 226 Å². The van der Waals surface area contributed by atoms with E-state index in [0.29, 0.717) is 26.4 Å². The van der Waals surface area contributed by atoms with E-state index in [1.165, 1.54) is 193 Å². The largest absolute Gasteiger partial charge is 0.500 e. The molecule has 0 radical (unpaired) electrons. The summed E-state index contributed by atoms with van der Waals surface area (Å²) in [6, 6.07) is 0.971. The highest BCUT2D eigenvalue weighted by Crippen LogP contribution is 2.21. The Morgan fingerprint density at radius 3 is 0.659 bits per heavy atom. The van der Waals surface area contributed by atoms with Crippen molar-refractivity contribution in [3.05, 3.63) is 0 Å². The van der Waals surface area contributed by atoms with Gasteiger partial charge in [0.05, 0.1) is 0 Å². The number of unbranched alkanes of at least 4 members (excludes halogenated alkanes) is 30. The van der Waals surface area contributed by atoms with Gasteiger partial charge in [0.15, 0.2) is 0 Å². The molecule has 0 saturated heterocycles. The average molecular weight is 643 g/mol. The van der Waals surface area contributed by atoms with Crippen LogP contribution in [0.1, 0.15) is 220 Å². The van der Waals surface area contributed by atoms with Gasteiger partial charge in [-0.05, 0) is 33.6 Å². The quantitative estimate of drug-likeness (QED) is 0.0535. The van der Waals surface area contributed by atoms with Gasteiger partial charge < -0.3 is 18.4 Å². The third kappa shape index (κ3) is 32.0. The van der Waals surface area contributed by atoms with Crippen LogP contribution in [0.15, 0.2) is 0 Å². The summed E-state index contributed by atoms with van der Waals surface area (Å²) in [7, 11) is -2.42. The van der Waals surface area contributed by atoms with Gasteiger partial charge in [-0.1, -0.05) is 186 Å². The van der Waals surface area contributed by atoms with Gasteiger partial charge in [-0.25, -0.2) is 0 Å². The summed E-state index contributed by atoms with van der Waals surface area (Å²) < 4.78 is 17.9. The molecule has 0 saturated carbocycles. The maximum atomic E-state index is 8.80. The molecule has 0 unspecified atom stereocenters. The van der Waals surface area contributed by atoms with Gasteiger partial charge in [-0.2, -0.15) is 0 Å². The first-order valence-electron chi connectivity index (χ1n) is 20.3. The Morgan fingerprint density at radius 2 is 0.477 bits per heavy atom. The summed E-state index contributed by atoms with van der Waals surface area (Å²) in [6.45, 7) is 8.55. The fourth-order valence-electron chi connectivity index (χ4n) is 6.58. The highest BCUT2D eigenvalue weighted by atomic mass is 28.4. The zero-order valence-corrected chi connectivity index (χ0v) is 31.6. The van der Waals surface area contributed by atoms with E-state index in [4.69, 9.17) is 18.4 Å². The Bertz CT molecular complexity index is 501. The Morgan fingerprint density at radius 1 is 0.295 bits per heavy atom. The zero-order valence-electron chi connectivity index (χ0n) is 30.6. The lowest BCUT2D eigenvalue weighted by molar-refractivity contribution is 0.0706. The lowest BCUT2D eigenvalue weighted by Gasteiger charge is -2.28. The molecule has 0 aromatic heterocycles. The molecule has 0 aromatic carbocycles. The van der Waals surface area contributed by atoms with E-state index in [1.54, 1.807) is 0 Å². The van der Waals surface area contributed by atoms with E-state index in [0.717, 1.165) is 12.5 Å². The molecule has 0 aliphatic heterocycles. The molecule has 0 atom stereocenters. The van der Waals surface area contributed by atoms with E-state index in [9.17, 15) is 0 Å². The predicted octanol–water partition coefficient (Wildman–Crippen LogP) is 13.1. The van der Waals surface area contributed by atoms with E-state index in [-0.39, 0.29) is 0 Å². The second-order valence-corrected chi connectivity index (χ2v) is 16.1. The maximum absolute atomic E-state index is 8.80. The zero-order chi connectivity index (χ0) is 32.1. The lowest BCUT2D eigenvalue weighted by Crippen LogP contribution is -2.45. The highest BCUT2D eigenvalue weighted by molar-refractivity contribution is 6.60. The van der Waals surface area contributed by atoms with Crippen molar-refractivity contribution in [2.75, 3.05) is 26.4 Å². The fourth-order valence-corrected chi connectivity index (χ4v) is 9.27. The number of hydrogen-bond donors (Lipinski definition) is 1. The van der Waals surface area contributed by atoms with Crippen LogP contribution >= 0.6 is 0 Å². The smallest absolute Gasteiger partial charge is 0.396 e. The molecule has 266 valence electrons. The monoisotopic (exact) mass is 643 g/mol. The van der Waals surface area contributed by atoms with Crippen molar-refractivity contribution in [2.24, 2.45) is 0 Å². The number of rotatable bonds is 39. The molecule has 0 aliphatic rings. The Balaban J connectivity index is 3.23. The second kappa shape index (κ2) is 37.5. The lowest BCUT2D eigenvalue weighted by atomic mass is 10.0. The van der Waals surface area contributed by atoms with E-state index >= 15 is 0 Å². The molecule has 0 bridgehead atoms. The van der Waals surface area contributed by atoms with Crippen LogP contribution in [0.25, 0.3) is 0 Å². The summed E-state index contributed by atoms with van der Waals surface area (Å²) in [5.74, 6) is 0. The fraction of sp³-hybridized carbons (Fsp3) is 1.00. The predicted molar refractivity (Wildman–Crippen MR) is 196 cm³/mol. The first kappa shape index (κ1) is 44.1. The van der Waals surface area contributed by atoms with Gasteiger partial charge in [0.1, 0.15) is 0 Å². The van der Waals surface area contributed by atoms with E-state index in [2.05, 4.69) is 0 Å². The van der Waals surface area contributed by atoms with Crippen molar-refractivity contribution in [1.29, 1.82) is 0 Å². The normalized spacial score (nSPS) is 12.0. The van der Waals surface area contributed by atoms with Gasteiger partial charge in [-0.3, -0.25) is 0 Å². The second-order valence-electron chi connectivity index (χ2n) is 13.4. The maximum Gasteiger partial charge on any atom is 0.500 e. The van der Waals surface area contributed by atoms with Crippen LogP contribution in [-0.4, -0.2) is 40.3 Å². The summed E-state index contributed by atoms with van der Waals surface area (Å²) >= 11 is 0. The van der Waals surface area contributed by atoms with E-state index in [1.807, 2.05) is 20.8 Å². The topological polar surface area (TPSA) is 47.9 Å². The van der Waals surface area contributed by atoms with Gasteiger partial charge >= 0.3 is 8.80 Å². The molecule has 44 heavy (non-hydrogen) atoms. The Hall–Kier alpha value is 0.0569. The SMILES string of the molecule is CCO[Si](CCCCCCCCCCCCCCCCCCCCCCCCCCCCCCCCCO)(OCC)OCC. The minimum atomic E-state index is -2.42. The molecule has 0 aliphatic carbocycles. The molecule has 0 rings (SSSR count). The van der Waals surface area contributed by atoms with Crippen LogP contribution < -0.4 is 0 Å². The van der Waals surface area contributed by atoms with Gasteiger partial charge in [0.25, 0.3) is 0 Å². The molecule has 0 aromatic rings. The third-order valence-electron chi connectivity index (χ3n) is 9.23. The van der Waals surface area contributed by atoms with Gasteiger partial charge in [0, 0.05) is 32.5 Å². The molecule has 0 amide bonds. The molecule has 0 spiro atoms. The summed E-state index contributed by atoms with van der Waals surface area (Å²) in [5.41, 5.74) is 0. The highest BCUT2D eigenvalue weighted by Gasteiger charge is 2.39. The summed E-state index contributed by atoms with van der Waals surface area (Å²) in [5, 5.41) is 8.80. The Kier molecular flexibility index (Phi) is 37.6. The molecular formula is C39H82O4Si. The van der Waals surface area contributed by atoms with Crippen molar-refractivity contribution < 1.29 is 18.4 Å². The van der Waals surface area contributed by atoms with Crippen LogP contribution in [0.2, 0.25) is 6.04 Å². The van der Waals surface area contributed by atoms with Crippen LogP contribution in [0, 0.1) is 0 Å². The first-order valence-corrected chi connectivity index (χ1v) is 22.2. The molecule has 4 nitrogen and oxygen atoms in total. The van der Waals surface area contributed by atoms with Crippen LogP contribution in [0.4, 0.5) is 0 Å². The third-order valence-corrected chi connectivity index (χ3v) is 12.4. The molecule has 1 N–H and O–H groups in total. The average Bonchev–Trinajstić information content (AvgIpc) is 3.02. The minimum Gasteiger partial charge on any atom is -0.396 e. The van der Waals surface area contributed by atoms with Crippen LogP contribution in [0.3, 0.4) is 0 Å². The minimum absolute atomic E-state index is 0.370. The number of hydrogen-bond acceptors (Lipinski definition) is 4. The number of aliphatic hydroxyl groups is 1. The standard InChI is InChI=1S/C39H82O4Si/c1-4-41-44(42-5-2,43-6-3)39-37-35-33-31-29-27-25-23-21-19-17-15-13-11-9-7-8-10-12-14-16-18-20-22-24-26-28-30-32-34-36-38-40/h40H,4-39H2,1-3H3. The van der Waals surface area contributed by atoms with Crippen LogP contribution in [-0.2, 0) is 13.3 Å². The van der Waals surface area contributed by atoms with Crippen LogP contribution in [0.5, 0.6) is 0 Å². The van der Waals surface area contributed by atoms with Gasteiger partial charge in [0.2, 0.25) is 0 Å². The van der Waals surface area contributed by atoms with Crippen molar-refractivity contribution in [3.8, 4) is 0 Å². The molecule has 5 heteroatoms. The molecule has 0 fully saturated rings. The summed E-state index contributed by atoms with van der Waals surface area (Å²) in [4.78, 5) is 0. The molecule has 0 heterocycles. The first-order chi connectivity index (χ1) is 21.7. The van der Waals surface area contributed by atoms with Crippen molar-refractivity contribution >= 4 is 8.80 Å². The van der Waals surface area contributed by atoms with Crippen molar-refractivity contribution in [1.82, 2.24) is 0 Å². The van der Waals surface area contributed by atoms with Gasteiger partial charge in [-0.15, -0.1) is 0 Å². The Labute approximate surface area is 278 Å².